The van der Waals surface area contributed by atoms with Crippen LogP contribution in [0.2, 0.25) is 0 Å². The first-order valence-electron chi connectivity index (χ1n) is 5.05. The molecule has 0 saturated carbocycles. The minimum Gasteiger partial charge on any atom is -0.366 e. The summed E-state index contributed by atoms with van der Waals surface area (Å²) in [4.78, 5) is 6.52. The quantitative estimate of drug-likeness (QED) is 0.603. The summed E-state index contributed by atoms with van der Waals surface area (Å²) in [5, 5.41) is 0. The smallest absolute Gasteiger partial charge is 0.0909 e. The molecule has 0 aliphatic heterocycles. The normalized spacial score (nSPS) is 11.0. The van der Waals surface area contributed by atoms with Crippen molar-refractivity contribution < 1.29 is 0 Å². The van der Waals surface area contributed by atoms with Gasteiger partial charge in [0.15, 0.2) is 0 Å². The molecule has 0 radical (unpaired) electrons. The maximum Gasteiger partial charge on any atom is 0.0909 e. The molecule has 0 aromatic heterocycles. The Morgan fingerprint density at radius 2 is 2.07 bits per heavy atom. The lowest BCUT2D eigenvalue weighted by Gasteiger charge is -2.10. The Balaban J connectivity index is 2.99. The van der Waals surface area contributed by atoms with Crippen LogP contribution in [-0.4, -0.2) is 24.8 Å². The van der Waals surface area contributed by atoms with E-state index >= 15 is 0 Å². The van der Waals surface area contributed by atoms with E-state index in [9.17, 15) is 0 Å². The molecule has 15 heavy (non-hydrogen) atoms. The van der Waals surface area contributed by atoms with E-state index in [0.29, 0.717) is 0 Å². The maximum absolute atomic E-state index is 4.47. The van der Waals surface area contributed by atoms with Crippen molar-refractivity contribution in [3.05, 3.63) is 27.7 Å². The van der Waals surface area contributed by atoms with Crippen LogP contribution in [0, 0.1) is 13.8 Å². The third-order valence-corrected chi connectivity index (χ3v) is 3.18. The van der Waals surface area contributed by atoms with Gasteiger partial charge in [0.25, 0.3) is 0 Å². The molecule has 82 valence electrons. The summed E-state index contributed by atoms with van der Waals surface area (Å²) < 4.78 is 1.12. The zero-order valence-electron chi connectivity index (χ0n) is 9.71. The highest BCUT2D eigenvalue weighted by Gasteiger charge is 2.01. The molecule has 0 aliphatic rings. The van der Waals surface area contributed by atoms with Crippen molar-refractivity contribution in [3.8, 4) is 0 Å². The van der Waals surface area contributed by atoms with Crippen LogP contribution in [0.5, 0.6) is 0 Å². The molecule has 0 atom stereocenters. The summed E-state index contributed by atoms with van der Waals surface area (Å²) in [6, 6.07) is 4.21. The monoisotopic (exact) mass is 268 g/mol. The predicted molar refractivity (Wildman–Crippen MR) is 70.1 cm³/mol. The molecule has 0 spiro atoms. The van der Waals surface area contributed by atoms with Gasteiger partial charge in [0.05, 0.1) is 12.0 Å². The molecule has 3 heteroatoms. The summed E-state index contributed by atoms with van der Waals surface area (Å²) in [6.07, 6.45) is 1.87. The number of hydrogen-bond acceptors (Lipinski definition) is 1. The Bertz CT molecular complexity index is 372. The number of nitrogens with zero attached hydrogens (tertiary/aromatic N) is 2. The zero-order chi connectivity index (χ0) is 11.4. The van der Waals surface area contributed by atoms with Crippen molar-refractivity contribution in [1.82, 2.24) is 4.90 Å². The van der Waals surface area contributed by atoms with Crippen molar-refractivity contribution in [1.29, 1.82) is 0 Å². The molecule has 0 fully saturated rings. The zero-order valence-corrected chi connectivity index (χ0v) is 11.3. The standard InChI is InChI=1S/C12H17BrN2/c1-5-15(4)8-14-12-7-9(2)6-11(13)10(12)3/h6-8H,5H2,1-4H3/b14-8-. The minimum atomic E-state index is 0.968. The first kappa shape index (κ1) is 12.2. The second-order valence-electron chi connectivity index (χ2n) is 3.71. The van der Waals surface area contributed by atoms with Crippen LogP contribution in [-0.2, 0) is 0 Å². The van der Waals surface area contributed by atoms with Gasteiger partial charge in [-0.2, -0.15) is 0 Å². The van der Waals surface area contributed by atoms with E-state index < -0.39 is 0 Å². The summed E-state index contributed by atoms with van der Waals surface area (Å²) in [5.41, 5.74) is 3.43. The molecule has 1 aromatic carbocycles. The molecule has 0 N–H and O–H groups in total. The fourth-order valence-electron chi connectivity index (χ4n) is 1.17. The van der Waals surface area contributed by atoms with Gasteiger partial charge in [-0.25, -0.2) is 4.99 Å². The number of halogens is 1. The van der Waals surface area contributed by atoms with Gasteiger partial charge in [0.1, 0.15) is 0 Å². The van der Waals surface area contributed by atoms with E-state index in [-0.39, 0.29) is 0 Å². The highest BCUT2D eigenvalue weighted by molar-refractivity contribution is 9.10. The average molecular weight is 269 g/mol. The van der Waals surface area contributed by atoms with E-state index in [0.717, 1.165) is 16.7 Å². The molecule has 1 aromatic rings. The lowest BCUT2D eigenvalue weighted by Crippen LogP contribution is -2.14. The van der Waals surface area contributed by atoms with Crippen LogP contribution in [0.25, 0.3) is 0 Å². The van der Waals surface area contributed by atoms with E-state index in [1.54, 1.807) is 0 Å². The Morgan fingerprint density at radius 3 is 2.67 bits per heavy atom. The van der Waals surface area contributed by atoms with Gasteiger partial charge in [0, 0.05) is 18.1 Å². The topological polar surface area (TPSA) is 15.6 Å². The second kappa shape index (κ2) is 5.31. The maximum atomic E-state index is 4.47. The van der Waals surface area contributed by atoms with E-state index in [1.165, 1.54) is 11.1 Å². The minimum absolute atomic E-state index is 0.968. The molecule has 1 rings (SSSR count). The molecule has 0 heterocycles. The second-order valence-corrected chi connectivity index (χ2v) is 4.56. The van der Waals surface area contributed by atoms with Gasteiger partial charge in [-0.1, -0.05) is 15.9 Å². The van der Waals surface area contributed by atoms with Gasteiger partial charge in [-0.05, 0) is 44.0 Å². The number of benzene rings is 1. The molecule has 2 nitrogen and oxygen atoms in total. The largest absolute Gasteiger partial charge is 0.366 e. The van der Waals surface area contributed by atoms with Gasteiger partial charge in [0.2, 0.25) is 0 Å². The summed E-state index contributed by atoms with van der Waals surface area (Å²) >= 11 is 3.53. The van der Waals surface area contributed by atoms with E-state index in [4.69, 9.17) is 0 Å². The summed E-state index contributed by atoms with van der Waals surface area (Å²) in [7, 11) is 2.02. The fraction of sp³-hybridized carbons (Fsp3) is 0.417. The van der Waals surface area contributed by atoms with Crippen molar-refractivity contribution >= 4 is 28.0 Å². The van der Waals surface area contributed by atoms with Gasteiger partial charge >= 0.3 is 0 Å². The predicted octanol–water partition coefficient (Wildman–Crippen LogP) is 3.68. The Hall–Kier alpha value is -0.830. The number of aliphatic imine (C=N–C) groups is 1. The van der Waals surface area contributed by atoms with Crippen LogP contribution in [0.15, 0.2) is 21.6 Å². The average Bonchev–Trinajstić information content (AvgIpc) is 2.20. The van der Waals surface area contributed by atoms with E-state index in [1.807, 2.05) is 13.4 Å². The molecule has 0 unspecified atom stereocenters. The lowest BCUT2D eigenvalue weighted by atomic mass is 10.1. The van der Waals surface area contributed by atoms with Crippen LogP contribution in [0.3, 0.4) is 0 Å². The highest BCUT2D eigenvalue weighted by atomic mass is 79.9. The van der Waals surface area contributed by atoms with Crippen LogP contribution in [0.4, 0.5) is 5.69 Å². The van der Waals surface area contributed by atoms with Crippen LogP contribution >= 0.6 is 15.9 Å². The van der Waals surface area contributed by atoms with Crippen molar-refractivity contribution in [2.24, 2.45) is 4.99 Å². The number of hydrogen-bond donors (Lipinski definition) is 0. The third kappa shape index (κ3) is 3.34. The van der Waals surface area contributed by atoms with E-state index in [2.05, 4.69) is 58.7 Å². The lowest BCUT2D eigenvalue weighted by molar-refractivity contribution is 0.552. The molecular weight excluding hydrogens is 252 g/mol. The molecule has 0 bridgehead atoms. The van der Waals surface area contributed by atoms with Gasteiger partial charge in [-0.15, -0.1) is 0 Å². The summed E-state index contributed by atoms with van der Waals surface area (Å²) in [6.45, 7) is 7.22. The van der Waals surface area contributed by atoms with Gasteiger partial charge in [-0.3, -0.25) is 0 Å². The van der Waals surface area contributed by atoms with Crippen molar-refractivity contribution in [2.75, 3.05) is 13.6 Å². The summed E-state index contributed by atoms with van der Waals surface area (Å²) in [5.74, 6) is 0. The van der Waals surface area contributed by atoms with Crippen LogP contribution in [0.1, 0.15) is 18.1 Å². The molecule has 0 aliphatic carbocycles. The van der Waals surface area contributed by atoms with Crippen LogP contribution < -0.4 is 0 Å². The van der Waals surface area contributed by atoms with Crippen molar-refractivity contribution in [2.45, 2.75) is 20.8 Å². The van der Waals surface area contributed by atoms with Gasteiger partial charge < -0.3 is 4.90 Å². The number of rotatable bonds is 3. The van der Waals surface area contributed by atoms with Crippen molar-refractivity contribution in [3.63, 3.8) is 0 Å². The highest BCUT2D eigenvalue weighted by Crippen LogP contribution is 2.27. The first-order chi connectivity index (χ1) is 7.04. The molecule has 0 amide bonds. The number of aryl methyl sites for hydroxylation is 1. The Morgan fingerprint density at radius 1 is 1.40 bits per heavy atom. The fourth-order valence-corrected chi connectivity index (χ4v) is 1.74. The molecule has 0 saturated heterocycles. The SMILES string of the molecule is CCN(C)/C=N\c1cc(C)cc(Br)c1C. The Labute approximate surface area is 100 Å². The Kier molecular flexibility index (Phi) is 4.33. The third-order valence-electron chi connectivity index (χ3n) is 2.35. The first-order valence-corrected chi connectivity index (χ1v) is 5.85. The molecular formula is C12H17BrN2.